The van der Waals surface area contributed by atoms with E-state index in [1.807, 2.05) is 66.7 Å². The molecule has 0 radical (unpaired) electrons. The number of anilines is 1. The number of nitrogen functional groups attached to an aromatic ring is 1. The molecule has 1 aliphatic rings. The summed E-state index contributed by atoms with van der Waals surface area (Å²) >= 11 is 1.68. The van der Waals surface area contributed by atoms with Crippen LogP contribution in [0.3, 0.4) is 0 Å². The first-order valence-corrected chi connectivity index (χ1v) is 11.0. The summed E-state index contributed by atoms with van der Waals surface area (Å²) in [6.45, 7) is 2.18. The molecule has 0 saturated carbocycles. The third kappa shape index (κ3) is 4.84. The Morgan fingerprint density at radius 2 is 1.83 bits per heavy atom. The minimum atomic E-state index is -0.499. The molecule has 0 unspecified atom stereocenters. The Kier molecular flexibility index (Phi) is 6.69. The van der Waals surface area contributed by atoms with Gasteiger partial charge in [-0.1, -0.05) is 49.4 Å². The van der Waals surface area contributed by atoms with E-state index in [9.17, 15) is 5.11 Å². The van der Waals surface area contributed by atoms with Gasteiger partial charge in [0.1, 0.15) is 0 Å². The summed E-state index contributed by atoms with van der Waals surface area (Å²) in [4.78, 5) is 4.41. The molecule has 0 bridgehead atoms. The normalized spacial score (nSPS) is 23.9. The van der Waals surface area contributed by atoms with E-state index in [0.29, 0.717) is 5.69 Å². The number of hydrogen-bond donors (Lipinski definition) is 2. The molecule has 2 heterocycles. The highest BCUT2D eigenvalue weighted by Crippen LogP contribution is 2.43. The van der Waals surface area contributed by atoms with Gasteiger partial charge >= 0.3 is 0 Å². The molecule has 1 saturated heterocycles. The number of pyridine rings is 1. The number of nitrogens with zero attached hydrogens (tertiary/aromatic N) is 1. The van der Waals surface area contributed by atoms with E-state index in [4.69, 9.17) is 15.2 Å². The zero-order valence-electron chi connectivity index (χ0n) is 16.8. The van der Waals surface area contributed by atoms with Gasteiger partial charge < -0.3 is 20.3 Å². The molecular formula is C24H26N2O3S. The molecule has 30 heavy (non-hydrogen) atoms. The third-order valence-corrected chi connectivity index (χ3v) is 6.37. The topological polar surface area (TPSA) is 77.6 Å². The Hall–Kier alpha value is -2.38. The van der Waals surface area contributed by atoms with Crippen molar-refractivity contribution in [2.45, 2.75) is 37.1 Å². The number of thioether (sulfide) groups is 1. The molecule has 2 aromatic carbocycles. The van der Waals surface area contributed by atoms with E-state index in [-0.39, 0.29) is 24.7 Å². The maximum Gasteiger partial charge on any atom is 0.185 e. The van der Waals surface area contributed by atoms with Crippen LogP contribution in [0.4, 0.5) is 5.69 Å². The number of ether oxygens (including phenoxy) is 2. The van der Waals surface area contributed by atoms with Crippen LogP contribution in [-0.4, -0.2) is 21.9 Å². The summed E-state index contributed by atoms with van der Waals surface area (Å²) in [5.74, 6) is 0.907. The molecule has 4 atom stereocenters. The summed E-state index contributed by atoms with van der Waals surface area (Å²) in [6, 6.07) is 21.5. The van der Waals surface area contributed by atoms with Crippen molar-refractivity contribution < 1.29 is 14.6 Å². The van der Waals surface area contributed by atoms with E-state index < -0.39 is 6.29 Å². The number of aromatic nitrogens is 1. The molecule has 4 rings (SSSR count). The summed E-state index contributed by atoms with van der Waals surface area (Å²) in [7, 11) is 0. The second kappa shape index (κ2) is 9.62. The zero-order valence-corrected chi connectivity index (χ0v) is 17.7. The van der Waals surface area contributed by atoms with Gasteiger partial charge in [0.15, 0.2) is 6.29 Å². The predicted octanol–water partition coefficient (Wildman–Crippen LogP) is 4.74. The van der Waals surface area contributed by atoms with Crippen LogP contribution < -0.4 is 5.73 Å². The largest absolute Gasteiger partial charge is 0.399 e. The SMILES string of the molecule is C[C@H]1[C@@H](CSc2ccccn2)O[C@@H](c2cccc(N)c2)O[C@H]1c1ccc(CO)cc1. The van der Waals surface area contributed by atoms with Crippen molar-refractivity contribution in [3.63, 3.8) is 0 Å². The lowest BCUT2D eigenvalue weighted by atomic mass is 9.91. The Morgan fingerprint density at radius 3 is 2.53 bits per heavy atom. The molecule has 6 heteroatoms. The zero-order chi connectivity index (χ0) is 20.9. The molecule has 3 aromatic rings. The highest BCUT2D eigenvalue weighted by molar-refractivity contribution is 7.99. The predicted molar refractivity (Wildman–Crippen MR) is 119 cm³/mol. The van der Waals surface area contributed by atoms with Crippen LogP contribution in [0.15, 0.2) is 78.0 Å². The van der Waals surface area contributed by atoms with Gasteiger partial charge in [-0.15, -0.1) is 11.8 Å². The number of nitrogens with two attached hydrogens (primary N) is 1. The molecule has 3 N–H and O–H groups in total. The molecule has 156 valence electrons. The van der Waals surface area contributed by atoms with Crippen molar-refractivity contribution in [2.24, 2.45) is 5.92 Å². The van der Waals surface area contributed by atoms with Gasteiger partial charge in [-0.25, -0.2) is 4.98 Å². The number of benzene rings is 2. The van der Waals surface area contributed by atoms with E-state index in [0.717, 1.165) is 27.5 Å². The van der Waals surface area contributed by atoms with Gasteiger partial charge in [-0.3, -0.25) is 0 Å². The summed E-state index contributed by atoms with van der Waals surface area (Å²) in [5, 5.41) is 10.3. The number of hydrogen-bond acceptors (Lipinski definition) is 6. The standard InChI is InChI=1S/C24H26N2O3S/c1-16-21(15-30-22-7-2-3-12-26-22)28-24(19-5-4-6-20(25)13-19)29-23(16)18-10-8-17(14-27)9-11-18/h2-13,16,21,23-24,27H,14-15,25H2,1H3/t16-,21+,23+,24+/m0/s1. The molecule has 1 aromatic heterocycles. The van der Waals surface area contributed by atoms with Gasteiger partial charge in [0.25, 0.3) is 0 Å². The van der Waals surface area contributed by atoms with Crippen molar-refractivity contribution in [1.82, 2.24) is 4.98 Å². The van der Waals surface area contributed by atoms with Crippen LogP contribution in [0.25, 0.3) is 0 Å². The number of aliphatic hydroxyl groups excluding tert-OH is 1. The molecule has 1 fully saturated rings. The van der Waals surface area contributed by atoms with E-state index in [1.165, 1.54) is 0 Å². The smallest absolute Gasteiger partial charge is 0.185 e. The van der Waals surface area contributed by atoms with Gasteiger partial charge in [-0.05, 0) is 35.4 Å². The average molecular weight is 423 g/mol. The maximum atomic E-state index is 9.36. The number of aliphatic hydroxyl groups is 1. The van der Waals surface area contributed by atoms with Crippen LogP contribution >= 0.6 is 11.8 Å². The lowest BCUT2D eigenvalue weighted by molar-refractivity contribution is -0.268. The Morgan fingerprint density at radius 1 is 1.00 bits per heavy atom. The molecule has 5 nitrogen and oxygen atoms in total. The van der Waals surface area contributed by atoms with E-state index >= 15 is 0 Å². The fraction of sp³-hybridized carbons (Fsp3) is 0.292. The van der Waals surface area contributed by atoms with Crippen molar-refractivity contribution in [1.29, 1.82) is 0 Å². The summed E-state index contributed by atoms with van der Waals surface area (Å²) in [5.41, 5.74) is 9.54. The van der Waals surface area contributed by atoms with Crippen LogP contribution in [0.1, 0.15) is 36.0 Å². The monoisotopic (exact) mass is 422 g/mol. The Bertz CT molecular complexity index is 952. The lowest BCUT2D eigenvalue weighted by Gasteiger charge is -2.41. The Labute approximate surface area is 181 Å². The molecule has 0 amide bonds. The molecule has 1 aliphatic heterocycles. The first-order valence-electron chi connectivity index (χ1n) is 10.0. The quantitative estimate of drug-likeness (QED) is 0.441. The van der Waals surface area contributed by atoms with Crippen LogP contribution in [0.2, 0.25) is 0 Å². The first kappa shape index (κ1) is 20.9. The van der Waals surface area contributed by atoms with E-state index in [1.54, 1.807) is 18.0 Å². The van der Waals surface area contributed by atoms with Gasteiger partial charge in [0, 0.05) is 29.1 Å². The van der Waals surface area contributed by atoms with Crippen LogP contribution in [0.5, 0.6) is 0 Å². The summed E-state index contributed by atoms with van der Waals surface area (Å²) in [6.07, 6.45) is 1.14. The fourth-order valence-electron chi connectivity index (χ4n) is 3.62. The van der Waals surface area contributed by atoms with Gasteiger partial charge in [0.2, 0.25) is 0 Å². The summed E-state index contributed by atoms with van der Waals surface area (Å²) < 4.78 is 12.8. The maximum absolute atomic E-state index is 9.36. The molecular weight excluding hydrogens is 396 g/mol. The fourth-order valence-corrected chi connectivity index (χ4v) is 4.64. The minimum absolute atomic E-state index is 0.0275. The van der Waals surface area contributed by atoms with E-state index in [2.05, 4.69) is 11.9 Å². The molecule has 0 aliphatic carbocycles. The van der Waals surface area contributed by atoms with Crippen LogP contribution in [0, 0.1) is 5.92 Å². The molecule has 0 spiro atoms. The minimum Gasteiger partial charge on any atom is -0.399 e. The second-order valence-electron chi connectivity index (χ2n) is 7.47. The van der Waals surface area contributed by atoms with Gasteiger partial charge in [-0.2, -0.15) is 0 Å². The highest BCUT2D eigenvalue weighted by Gasteiger charge is 2.38. The van der Waals surface area contributed by atoms with Gasteiger partial charge in [0.05, 0.1) is 23.8 Å². The van der Waals surface area contributed by atoms with Crippen molar-refractivity contribution in [3.8, 4) is 0 Å². The number of rotatable bonds is 6. The average Bonchev–Trinajstić information content (AvgIpc) is 2.79. The van der Waals surface area contributed by atoms with Crippen molar-refractivity contribution >= 4 is 17.4 Å². The third-order valence-electron chi connectivity index (χ3n) is 5.34. The second-order valence-corrected chi connectivity index (χ2v) is 8.51. The van der Waals surface area contributed by atoms with Crippen molar-refractivity contribution in [2.75, 3.05) is 11.5 Å². The van der Waals surface area contributed by atoms with Crippen LogP contribution in [-0.2, 0) is 16.1 Å². The van der Waals surface area contributed by atoms with Crippen molar-refractivity contribution in [3.05, 3.63) is 89.6 Å². The Balaban J connectivity index is 1.59. The lowest BCUT2D eigenvalue weighted by Crippen LogP contribution is -2.38. The first-order chi connectivity index (χ1) is 14.6. The highest BCUT2D eigenvalue weighted by atomic mass is 32.2.